The maximum Gasteiger partial charge on any atom is 0.205 e. The third-order valence-electron chi connectivity index (χ3n) is 8.33. The van der Waals surface area contributed by atoms with Crippen LogP contribution < -0.4 is 63.1 Å². The van der Waals surface area contributed by atoms with Crippen LogP contribution in [-0.4, -0.2) is 94.7 Å². The monoisotopic (exact) mass is 722 g/mol. The van der Waals surface area contributed by atoms with Crippen molar-refractivity contribution >= 4 is 63.3 Å². The van der Waals surface area contributed by atoms with E-state index in [0.29, 0.717) is 104 Å². The fourth-order valence-corrected chi connectivity index (χ4v) is 7.76. The summed E-state index contributed by atoms with van der Waals surface area (Å²) in [4.78, 5) is 2.11. The number of hydrogen-bond acceptors (Lipinski definition) is 10. The Morgan fingerprint density at radius 2 is 0.551 bits per heavy atom. The molecule has 49 heavy (non-hydrogen) atoms. The van der Waals surface area contributed by atoms with E-state index < -0.39 is 0 Å². The number of anilines is 3. The molecule has 9 radical (unpaired) electrons. The zero-order valence-corrected chi connectivity index (χ0v) is 33.9. The largest absolute Gasteiger partial charge is 0.493 e. The molecule has 3 aromatic rings. The summed E-state index contributed by atoms with van der Waals surface area (Å²) in [5.41, 5.74) is 4.73. The van der Waals surface area contributed by atoms with Crippen LogP contribution in [0.4, 0.5) is 17.1 Å². The van der Waals surface area contributed by atoms with E-state index in [2.05, 4.69) is 56.4 Å². The SMILES string of the molecule is CCCc1c([Si])c(OC)c(OC)c(OC)c1N(c1c(CCC)c([Si])c(OC)c(OC)c1OC)c1c(CCC)c([Si])c(OC)c(OC)c1OC. The molecule has 0 fully saturated rings. The molecular weight excluding hydrogens is 675 g/mol. The van der Waals surface area contributed by atoms with Crippen LogP contribution in [0.25, 0.3) is 0 Å². The molecule has 0 saturated carbocycles. The van der Waals surface area contributed by atoms with E-state index in [4.69, 9.17) is 42.6 Å². The van der Waals surface area contributed by atoms with Crippen LogP contribution in [-0.2, 0) is 19.3 Å². The van der Waals surface area contributed by atoms with Gasteiger partial charge in [0.2, 0.25) is 17.2 Å². The molecule has 0 aliphatic carbocycles. The molecule has 0 atom stereocenters. The van der Waals surface area contributed by atoms with Crippen molar-refractivity contribution in [2.24, 2.45) is 0 Å². The highest BCUT2D eigenvalue weighted by Crippen LogP contribution is 2.59. The number of methoxy groups -OCH3 is 9. The van der Waals surface area contributed by atoms with Gasteiger partial charge in [0.1, 0.15) is 0 Å². The zero-order valence-electron chi connectivity index (χ0n) is 30.9. The smallest absolute Gasteiger partial charge is 0.205 e. The van der Waals surface area contributed by atoms with Crippen LogP contribution in [0.3, 0.4) is 0 Å². The summed E-state index contributed by atoms with van der Waals surface area (Å²) in [6, 6.07) is 0. The van der Waals surface area contributed by atoms with Crippen LogP contribution in [0.1, 0.15) is 56.7 Å². The fourth-order valence-electron chi connectivity index (χ4n) is 6.38. The summed E-state index contributed by atoms with van der Waals surface area (Å²) in [6.07, 6.45) is 4.33. The first kappa shape index (κ1) is 39.7. The van der Waals surface area contributed by atoms with Gasteiger partial charge in [-0.1, -0.05) is 40.0 Å². The maximum absolute atomic E-state index is 6.30. The second kappa shape index (κ2) is 17.8. The molecule has 0 amide bonds. The molecule has 0 heterocycles. The van der Waals surface area contributed by atoms with E-state index in [1.807, 2.05) is 0 Å². The quantitative estimate of drug-likeness (QED) is 0.176. The highest BCUT2D eigenvalue weighted by Gasteiger charge is 2.39. The van der Waals surface area contributed by atoms with Crippen LogP contribution in [0.15, 0.2) is 0 Å². The van der Waals surface area contributed by atoms with Crippen molar-refractivity contribution < 1.29 is 42.6 Å². The number of nitrogens with zero attached hydrogens (tertiary/aromatic N) is 1. The lowest BCUT2D eigenvalue weighted by Crippen LogP contribution is -2.29. The molecule has 0 bridgehead atoms. The van der Waals surface area contributed by atoms with Crippen LogP contribution in [0, 0.1) is 0 Å². The summed E-state index contributed by atoms with van der Waals surface area (Å²) in [7, 11) is 26.4. The Kier molecular flexibility index (Phi) is 14.4. The van der Waals surface area contributed by atoms with Gasteiger partial charge in [-0.15, -0.1) is 0 Å². The van der Waals surface area contributed by atoms with Gasteiger partial charge in [-0.3, -0.25) is 4.90 Å². The highest BCUT2D eigenvalue weighted by atomic mass is 28.2. The van der Waals surface area contributed by atoms with Crippen LogP contribution in [0.2, 0.25) is 0 Å². The summed E-state index contributed by atoms with van der Waals surface area (Å²) in [6.45, 7) is 6.36. The van der Waals surface area contributed by atoms with Gasteiger partial charge in [0.15, 0.2) is 34.5 Å². The minimum absolute atomic E-state index is 0.403. The normalized spacial score (nSPS) is 10.8. The molecule has 263 valence electrons. The molecule has 0 aromatic heterocycles. The molecule has 3 aromatic carbocycles. The van der Waals surface area contributed by atoms with Crippen molar-refractivity contribution in [2.75, 3.05) is 68.9 Å². The van der Waals surface area contributed by atoms with E-state index in [1.54, 1.807) is 64.0 Å². The molecule has 3 rings (SSSR count). The second-order valence-corrected chi connectivity index (χ2v) is 12.5. The van der Waals surface area contributed by atoms with Gasteiger partial charge in [-0.25, -0.2) is 0 Å². The maximum atomic E-state index is 6.30. The van der Waals surface area contributed by atoms with Crippen molar-refractivity contribution in [3.05, 3.63) is 16.7 Å². The highest BCUT2D eigenvalue weighted by molar-refractivity contribution is 6.38. The number of benzene rings is 3. The number of rotatable bonds is 18. The van der Waals surface area contributed by atoms with Gasteiger partial charge in [0.05, 0.1) is 112 Å². The van der Waals surface area contributed by atoms with E-state index >= 15 is 0 Å². The molecule has 10 nitrogen and oxygen atoms in total. The summed E-state index contributed by atoms with van der Waals surface area (Å²) in [5, 5.41) is 2.14. The van der Waals surface area contributed by atoms with Gasteiger partial charge in [0, 0.05) is 0 Å². The minimum Gasteiger partial charge on any atom is -0.493 e. The predicted molar refractivity (Wildman–Crippen MR) is 198 cm³/mol. The van der Waals surface area contributed by atoms with Gasteiger partial charge in [-0.05, 0) is 51.5 Å². The lowest BCUT2D eigenvalue weighted by atomic mass is 9.96. The molecule has 13 heteroatoms. The van der Waals surface area contributed by atoms with E-state index in [1.165, 1.54) is 0 Å². The molecule has 0 unspecified atom stereocenters. The molecule has 0 spiro atoms. The Morgan fingerprint density at radius 1 is 0.347 bits per heavy atom. The Hall–Kier alpha value is -3.69. The topological polar surface area (TPSA) is 86.3 Å². The number of ether oxygens (including phenoxy) is 9. The summed E-state index contributed by atoms with van der Waals surface area (Å²) < 4.78 is 54.8. The average molecular weight is 723 g/mol. The molecule has 0 N–H and O–H groups in total. The van der Waals surface area contributed by atoms with E-state index in [9.17, 15) is 0 Å². The zero-order chi connectivity index (χ0) is 36.6. The lowest BCUT2D eigenvalue weighted by molar-refractivity contribution is 0.323. The third kappa shape index (κ3) is 6.89. The van der Waals surface area contributed by atoms with Crippen molar-refractivity contribution in [2.45, 2.75) is 59.3 Å². The van der Waals surface area contributed by atoms with Crippen molar-refractivity contribution in [3.8, 4) is 51.7 Å². The Morgan fingerprint density at radius 3 is 0.714 bits per heavy atom. The van der Waals surface area contributed by atoms with Gasteiger partial charge < -0.3 is 42.6 Å². The van der Waals surface area contributed by atoms with Gasteiger partial charge in [-0.2, -0.15) is 0 Å². The number of hydrogen-bond donors (Lipinski definition) is 0. The average Bonchev–Trinajstić information content (AvgIpc) is 3.11. The van der Waals surface area contributed by atoms with E-state index in [-0.39, 0.29) is 0 Å². The van der Waals surface area contributed by atoms with Crippen molar-refractivity contribution in [3.63, 3.8) is 0 Å². The molecule has 0 saturated heterocycles. The second-order valence-electron chi connectivity index (χ2n) is 11.0. The van der Waals surface area contributed by atoms with E-state index in [0.717, 1.165) is 36.0 Å². The predicted octanol–water partition coefficient (Wildman–Crippen LogP) is 4.47. The molecule has 0 aliphatic heterocycles. The first-order valence-corrected chi connectivity index (χ1v) is 17.6. The van der Waals surface area contributed by atoms with Crippen LogP contribution >= 0.6 is 0 Å². The Balaban J connectivity index is 2.98. The molecular formula is C36H48NO9Si3. The summed E-state index contributed by atoms with van der Waals surface area (Å²) in [5.74, 6) is 4.04. The Bertz CT molecular complexity index is 1440. The van der Waals surface area contributed by atoms with Gasteiger partial charge in [0.25, 0.3) is 0 Å². The van der Waals surface area contributed by atoms with Crippen molar-refractivity contribution in [1.82, 2.24) is 0 Å². The Labute approximate surface area is 301 Å². The lowest BCUT2D eigenvalue weighted by Gasteiger charge is -2.37. The van der Waals surface area contributed by atoms with Crippen molar-refractivity contribution in [1.29, 1.82) is 0 Å². The first-order chi connectivity index (χ1) is 23.6. The van der Waals surface area contributed by atoms with Crippen LogP contribution in [0.5, 0.6) is 51.7 Å². The van der Waals surface area contributed by atoms with Gasteiger partial charge >= 0.3 is 0 Å². The molecule has 0 aliphatic rings. The first-order valence-electron chi connectivity index (χ1n) is 16.1. The summed E-state index contributed by atoms with van der Waals surface area (Å²) >= 11 is 0. The third-order valence-corrected chi connectivity index (χ3v) is 9.92. The minimum atomic E-state index is 0.403. The fraction of sp³-hybridized carbons (Fsp3) is 0.500. The standard InChI is InChI=1S/C36H48NO9Si3/c1-13-16-19-22(25(38-4)28(41-7)31(44-10)34(19)47)37(23-20(17-14-2)35(48)32(45-11)29(42-8)26(23)39-5)24-21(18-15-3)36(49)33(46-12)30(43-9)27(24)40-6/h13-18H2,1-12H3.